The van der Waals surface area contributed by atoms with Gasteiger partial charge < -0.3 is 10.6 Å². The monoisotopic (exact) mass is 321 g/mol. The number of nitrogens with zero attached hydrogens (tertiary/aromatic N) is 3. The lowest BCUT2D eigenvalue weighted by Crippen LogP contribution is -2.32. The SMILES string of the molecule is CCCNCCNC(=O)c1nnn(-c2cccc(Cl)c2)c1C. The largest absolute Gasteiger partial charge is 0.349 e. The molecule has 7 heteroatoms. The normalized spacial score (nSPS) is 10.7. The van der Waals surface area contributed by atoms with Gasteiger partial charge in [0.25, 0.3) is 5.91 Å². The van der Waals surface area contributed by atoms with Gasteiger partial charge >= 0.3 is 0 Å². The minimum Gasteiger partial charge on any atom is -0.349 e. The van der Waals surface area contributed by atoms with Crippen molar-refractivity contribution in [2.75, 3.05) is 19.6 Å². The van der Waals surface area contributed by atoms with Crippen LogP contribution in [-0.2, 0) is 0 Å². The number of hydrogen-bond donors (Lipinski definition) is 2. The molecule has 0 unspecified atom stereocenters. The van der Waals surface area contributed by atoms with Crippen molar-refractivity contribution in [2.45, 2.75) is 20.3 Å². The number of carbonyl (C=O) groups is 1. The number of carbonyl (C=O) groups excluding carboxylic acids is 1. The molecule has 0 fully saturated rings. The van der Waals surface area contributed by atoms with E-state index in [2.05, 4.69) is 27.9 Å². The first-order valence-electron chi connectivity index (χ1n) is 7.30. The number of halogens is 1. The molecular formula is C15H20ClN5O. The van der Waals surface area contributed by atoms with Crippen LogP contribution >= 0.6 is 11.6 Å². The van der Waals surface area contributed by atoms with Crippen LogP contribution in [0.2, 0.25) is 5.02 Å². The minimum absolute atomic E-state index is 0.218. The Labute approximate surface area is 134 Å². The highest BCUT2D eigenvalue weighted by atomic mass is 35.5. The van der Waals surface area contributed by atoms with Crippen LogP contribution in [-0.4, -0.2) is 40.5 Å². The standard InChI is InChI=1S/C15H20ClN5O/c1-3-7-17-8-9-18-15(22)14-11(2)21(20-19-14)13-6-4-5-12(16)10-13/h4-6,10,17H,3,7-9H2,1-2H3,(H,18,22). The van der Waals surface area contributed by atoms with Crippen LogP contribution < -0.4 is 10.6 Å². The summed E-state index contributed by atoms with van der Waals surface area (Å²) >= 11 is 5.98. The maximum atomic E-state index is 12.1. The molecule has 0 spiro atoms. The summed E-state index contributed by atoms with van der Waals surface area (Å²) in [6, 6.07) is 7.26. The van der Waals surface area contributed by atoms with Gasteiger partial charge in [-0.05, 0) is 38.1 Å². The number of hydrogen-bond acceptors (Lipinski definition) is 4. The third-order valence-electron chi connectivity index (χ3n) is 3.18. The van der Waals surface area contributed by atoms with E-state index in [4.69, 9.17) is 11.6 Å². The van der Waals surface area contributed by atoms with Crippen LogP contribution in [0.1, 0.15) is 29.5 Å². The second kappa shape index (κ2) is 7.91. The fourth-order valence-corrected chi connectivity index (χ4v) is 2.23. The smallest absolute Gasteiger partial charge is 0.273 e. The van der Waals surface area contributed by atoms with E-state index in [0.29, 0.717) is 23.0 Å². The van der Waals surface area contributed by atoms with Crippen molar-refractivity contribution in [1.29, 1.82) is 0 Å². The molecule has 1 aromatic carbocycles. The highest BCUT2D eigenvalue weighted by Gasteiger charge is 2.16. The first-order chi connectivity index (χ1) is 10.6. The summed E-state index contributed by atoms with van der Waals surface area (Å²) in [4.78, 5) is 12.1. The summed E-state index contributed by atoms with van der Waals surface area (Å²) in [6.07, 6.45) is 1.07. The van der Waals surface area contributed by atoms with Crippen molar-refractivity contribution in [3.8, 4) is 5.69 Å². The van der Waals surface area contributed by atoms with Gasteiger partial charge in [-0.3, -0.25) is 4.79 Å². The predicted molar refractivity (Wildman–Crippen MR) is 86.6 cm³/mol. The lowest BCUT2D eigenvalue weighted by atomic mass is 10.3. The predicted octanol–water partition coefficient (Wildman–Crippen LogP) is 1.96. The highest BCUT2D eigenvalue weighted by Crippen LogP contribution is 2.16. The average molecular weight is 322 g/mol. The van der Waals surface area contributed by atoms with Crippen molar-refractivity contribution in [2.24, 2.45) is 0 Å². The quantitative estimate of drug-likeness (QED) is 0.765. The summed E-state index contributed by atoms with van der Waals surface area (Å²) < 4.78 is 1.61. The maximum Gasteiger partial charge on any atom is 0.273 e. The molecule has 0 aliphatic heterocycles. The first-order valence-corrected chi connectivity index (χ1v) is 7.68. The molecule has 0 aliphatic carbocycles. The second-order valence-corrected chi connectivity index (χ2v) is 5.36. The van der Waals surface area contributed by atoms with Crippen LogP contribution in [0.25, 0.3) is 5.69 Å². The van der Waals surface area contributed by atoms with Gasteiger partial charge in [-0.15, -0.1) is 5.10 Å². The molecule has 0 atom stereocenters. The molecule has 2 rings (SSSR count). The molecule has 0 aliphatic rings. The molecule has 2 N–H and O–H groups in total. The summed E-state index contributed by atoms with van der Waals surface area (Å²) in [6.45, 7) is 6.15. The van der Waals surface area contributed by atoms with Gasteiger partial charge in [0.05, 0.1) is 11.4 Å². The number of amides is 1. The van der Waals surface area contributed by atoms with Gasteiger partial charge in [0.2, 0.25) is 0 Å². The van der Waals surface area contributed by atoms with E-state index in [-0.39, 0.29) is 5.91 Å². The lowest BCUT2D eigenvalue weighted by molar-refractivity contribution is 0.0948. The van der Waals surface area contributed by atoms with Gasteiger partial charge in [0.15, 0.2) is 5.69 Å². The van der Waals surface area contributed by atoms with E-state index in [9.17, 15) is 4.79 Å². The fraction of sp³-hybridized carbons (Fsp3) is 0.400. The van der Waals surface area contributed by atoms with E-state index in [0.717, 1.165) is 25.2 Å². The van der Waals surface area contributed by atoms with E-state index < -0.39 is 0 Å². The van der Waals surface area contributed by atoms with E-state index in [1.54, 1.807) is 16.8 Å². The Balaban J connectivity index is 2.03. The highest BCUT2D eigenvalue weighted by molar-refractivity contribution is 6.30. The molecule has 6 nitrogen and oxygen atoms in total. The molecular weight excluding hydrogens is 302 g/mol. The number of aromatic nitrogens is 3. The molecule has 0 saturated heterocycles. The Bertz CT molecular complexity index is 641. The van der Waals surface area contributed by atoms with Gasteiger partial charge in [-0.1, -0.05) is 29.8 Å². The zero-order chi connectivity index (χ0) is 15.9. The van der Waals surface area contributed by atoms with Crippen molar-refractivity contribution < 1.29 is 4.79 Å². The molecule has 0 saturated carbocycles. The zero-order valence-corrected chi connectivity index (χ0v) is 13.5. The Morgan fingerprint density at radius 2 is 2.14 bits per heavy atom. The van der Waals surface area contributed by atoms with Crippen molar-refractivity contribution in [3.63, 3.8) is 0 Å². The summed E-state index contributed by atoms with van der Waals surface area (Å²) in [5, 5.41) is 14.7. The third kappa shape index (κ3) is 4.05. The minimum atomic E-state index is -0.218. The molecule has 0 bridgehead atoms. The first kappa shape index (κ1) is 16.5. The topological polar surface area (TPSA) is 71.8 Å². The molecule has 2 aromatic rings. The Morgan fingerprint density at radius 1 is 1.32 bits per heavy atom. The zero-order valence-electron chi connectivity index (χ0n) is 12.8. The lowest BCUT2D eigenvalue weighted by Gasteiger charge is -2.06. The van der Waals surface area contributed by atoms with Gasteiger partial charge in [0, 0.05) is 18.1 Å². The van der Waals surface area contributed by atoms with Crippen LogP contribution in [0.4, 0.5) is 0 Å². The Hall–Kier alpha value is -1.92. The number of nitrogens with one attached hydrogen (secondary N) is 2. The van der Waals surface area contributed by atoms with E-state index >= 15 is 0 Å². The van der Waals surface area contributed by atoms with Crippen LogP contribution in [0.3, 0.4) is 0 Å². The van der Waals surface area contributed by atoms with Gasteiger partial charge in [0.1, 0.15) is 0 Å². The molecule has 1 heterocycles. The summed E-state index contributed by atoms with van der Waals surface area (Å²) in [7, 11) is 0. The van der Waals surface area contributed by atoms with Crippen LogP contribution in [0.5, 0.6) is 0 Å². The average Bonchev–Trinajstić information content (AvgIpc) is 2.88. The second-order valence-electron chi connectivity index (χ2n) is 4.92. The van der Waals surface area contributed by atoms with Crippen LogP contribution in [0.15, 0.2) is 24.3 Å². The van der Waals surface area contributed by atoms with E-state index in [1.165, 1.54) is 0 Å². The third-order valence-corrected chi connectivity index (χ3v) is 3.41. The fourth-order valence-electron chi connectivity index (χ4n) is 2.04. The number of benzene rings is 1. The number of rotatable bonds is 7. The van der Waals surface area contributed by atoms with Crippen molar-refractivity contribution in [1.82, 2.24) is 25.6 Å². The molecule has 1 aromatic heterocycles. The van der Waals surface area contributed by atoms with Gasteiger partial charge in [-0.25, -0.2) is 4.68 Å². The van der Waals surface area contributed by atoms with Crippen molar-refractivity contribution in [3.05, 3.63) is 40.7 Å². The Morgan fingerprint density at radius 3 is 2.86 bits per heavy atom. The molecule has 118 valence electrons. The maximum absolute atomic E-state index is 12.1. The van der Waals surface area contributed by atoms with Crippen LogP contribution in [0, 0.1) is 6.92 Å². The molecule has 22 heavy (non-hydrogen) atoms. The van der Waals surface area contributed by atoms with E-state index in [1.807, 2.05) is 19.1 Å². The molecule has 0 radical (unpaired) electrons. The summed E-state index contributed by atoms with van der Waals surface area (Å²) in [5.74, 6) is -0.218. The van der Waals surface area contributed by atoms with Gasteiger partial charge in [-0.2, -0.15) is 0 Å². The Kier molecular flexibility index (Phi) is 5.91. The molecule has 1 amide bonds. The summed E-state index contributed by atoms with van der Waals surface area (Å²) in [5.41, 5.74) is 1.79. The van der Waals surface area contributed by atoms with Crippen molar-refractivity contribution >= 4 is 17.5 Å².